The van der Waals surface area contributed by atoms with E-state index in [4.69, 9.17) is 5.11 Å². The van der Waals surface area contributed by atoms with Crippen LogP contribution in [0.15, 0.2) is 12.3 Å². The van der Waals surface area contributed by atoms with Crippen molar-refractivity contribution in [2.24, 2.45) is 0 Å². The van der Waals surface area contributed by atoms with Gasteiger partial charge in [-0.1, -0.05) is 6.92 Å². The SMILES string of the molecule is CCCC(=O)c1ccnn1CCC(O)C(F)(F)F. The zero-order valence-electron chi connectivity index (χ0n) is 9.94. The number of nitrogens with zero attached hydrogens (tertiary/aromatic N) is 2. The maximum Gasteiger partial charge on any atom is 0.414 e. The van der Waals surface area contributed by atoms with E-state index in [0.717, 1.165) is 0 Å². The Morgan fingerprint density at radius 1 is 1.56 bits per heavy atom. The van der Waals surface area contributed by atoms with Gasteiger partial charge in [-0.3, -0.25) is 9.48 Å². The summed E-state index contributed by atoms with van der Waals surface area (Å²) >= 11 is 0. The molecule has 0 fully saturated rings. The van der Waals surface area contributed by atoms with Crippen molar-refractivity contribution in [3.63, 3.8) is 0 Å². The highest BCUT2D eigenvalue weighted by atomic mass is 19.4. The van der Waals surface area contributed by atoms with Gasteiger partial charge in [0.15, 0.2) is 11.9 Å². The van der Waals surface area contributed by atoms with Crippen LogP contribution >= 0.6 is 0 Å². The van der Waals surface area contributed by atoms with Gasteiger partial charge < -0.3 is 5.11 Å². The van der Waals surface area contributed by atoms with Crippen LogP contribution in [0, 0.1) is 0 Å². The van der Waals surface area contributed by atoms with Gasteiger partial charge in [0.25, 0.3) is 0 Å². The number of rotatable bonds is 6. The number of aromatic nitrogens is 2. The number of carbonyl (C=O) groups excluding carboxylic acids is 1. The molecule has 7 heteroatoms. The van der Waals surface area contributed by atoms with E-state index in [1.807, 2.05) is 6.92 Å². The maximum absolute atomic E-state index is 12.1. The molecule has 0 bridgehead atoms. The third kappa shape index (κ3) is 3.83. The molecule has 18 heavy (non-hydrogen) atoms. The summed E-state index contributed by atoms with van der Waals surface area (Å²) in [6.07, 6.45) is -5.19. The number of halogens is 3. The van der Waals surface area contributed by atoms with Crippen LogP contribution in [0.25, 0.3) is 0 Å². The smallest absolute Gasteiger partial charge is 0.384 e. The molecule has 0 aliphatic rings. The largest absolute Gasteiger partial charge is 0.414 e. The van der Waals surface area contributed by atoms with E-state index in [-0.39, 0.29) is 18.0 Å². The number of ketones is 1. The molecule has 0 amide bonds. The Balaban J connectivity index is 2.64. The van der Waals surface area contributed by atoms with Crippen molar-refractivity contribution in [1.29, 1.82) is 0 Å². The topological polar surface area (TPSA) is 55.1 Å². The molecule has 0 spiro atoms. The molecular weight excluding hydrogens is 249 g/mol. The number of aliphatic hydroxyl groups is 1. The van der Waals surface area contributed by atoms with Gasteiger partial charge in [0.1, 0.15) is 5.69 Å². The molecule has 0 aromatic carbocycles. The predicted octanol–water partition coefficient (Wildman–Crippen LogP) is 2.18. The number of aliphatic hydroxyl groups excluding tert-OH is 1. The third-order valence-electron chi connectivity index (χ3n) is 2.47. The molecule has 1 heterocycles. The summed E-state index contributed by atoms with van der Waals surface area (Å²) in [6.45, 7) is 1.70. The van der Waals surface area contributed by atoms with E-state index in [0.29, 0.717) is 12.8 Å². The van der Waals surface area contributed by atoms with Gasteiger partial charge in [0.05, 0.1) is 0 Å². The molecule has 1 aromatic rings. The van der Waals surface area contributed by atoms with Gasteiger partial charge in [-0.05, 0) is 12.5 Å². The standard InChI is InChI=1S/C11H15F3N2O2/c1-2-3-9(17)8-4-6-15-16(8)7-5-10(18)11(12,13)14/h4,6,10,18H,2-3,5,7H2,1H3. The van der Waals surface area contributed by atoms with Gasteiger partial charge >= 0.3 is 6.18 Å². The molecule has 0 saturated heterocycles. The lowest BCUT2D eigenvalue weighted by Gasteiger charge is -2.14. The van der Waals surface area contributed by atoms with E-state index in [2.05, 4.69) is 5.10 Å². The van der Waals surface area contributed by atoms with Crippen LogP contribution in [0.1, 0.15) is 36.7 Å². The summed E-state index contributed by atoms with van der Waals surface area (Å²) < 4.78 is 37.5. The number of hydrogen-bond donors (Lipinski definition) is 1. The van der Waals surface area contributed by atoms with Gasteiger partial charge in [-0.2, -0.15) is 18.3 Å². The van der Waals surface area contributed by atoms with Gasteiger partial charge in [0, 0.05) is 25.6 Å². The Morgan fingerprint density at radius 3 is 2.78 bits per heavy atom. The lowest BCUT2D eigenvalue weighted by Crippen LogP contribution is -2.30. The molecule has 0 aliphatic carbocycles. The first-order valence-corrected chi connectivity index (χ1v) is 5.66. The summed E-state index contributed by atoms with van der Waals surface area (Å²) in [6, 6.07) is 1.47. The van der Waals surface area contributed by atoms with Crippen LogP contribution in [0.3, 0.4) is 0 Å². The number of carbonyl (C=O) groups is 1. The van der Waals surface area contributed by atoms with Crippen molar-refractivity contribution >= 4 is 5.78 Å². The van der Waals surface area contributed by atoms with Crippen LogP contribution in [-0.2, 0) is 6.54 Å². The fourth-order valence-corrected chi connectivity index (χ4v) is 1.51. The second-order valence-corrected chi connectivity index (χ2v) is 3.96. The van der Waals surface area contributed by atoms with Crippen molar-refractivity contribution in [1.82, 2.24) is 9.78 Å². The number of aryl methyl sites for hydroxylation is 1. The quantitative estimate of drug-likeness (QED) is 0.801. The summed E-state index contributed by atoms with van der Waals surface area (Å²) in [4.78, 5) is 11.6. The molecular formula is C11H15F3N2O2. The second kappa shape index (κ2) is 5.99. The zero-order valence-corrected chi connectivity index (χ0v) is 9.94. The average Bonchev–Trinajstić information content (AvgIpc) is 2.72. The molecule has 1 aromatic heterocycles. The highest BCUT2D eigenvalue weighted by Crippen LogP contribution is 2.22. The van der Waals surface area contributed by atoms with Crippen LogP contribution in [0.5, 0.6) is 0 Å². The van der Waals surface area contributed by atoms with Crippen molar-refractivity contribution in [2.75, 3.05) is 0 Å². The minimum atomic E-state index is -4.64. The Morgan fingerprint density at radius 2 is 2.22 bits per heavy atom. The second-order valence-electron chi connectivity index (χ2n) is 3.96. The minimum absolute atomic E-state index is 0.140. The highest BCUT2D eigenvalue weighted by Gasteiger charge is 2.37. The lowest BCUT2D eigenvalue weighted by atomic mass is 10.2. The number of hydrogen-bond acceptors (Lipinski definition) is 3. The van der Waals surface area contributed by atoms with Crippen molar-refractivity contribution < 1.29 is 23.1 Å². The first-order chi connectivity index (χ1) is 8.36. The monoisotopic (exact) mass is 264 g/mol. The van der Waals surface area contributed by atoms with Crippen LogP contribution in [0.2, 0.25) is 0 Å². The van der Waals surface area contributed by atoms with E-state index in [1.165, 1.54) is 16.9 Å². The summed E-state index contributed by atoms with van der Waals surface area (Å²) in [5.74, 6) is -0.156. The van der Waals surface area contributed by atoms with Crippen LogP contribution in [-0.4, -0.2) is 33.0 Å². The number of Topliss-reactive ketones (excluding diaryl/α,β-unsaturated/α-hetero) is 1. The Kier molecular flexibility index (Phi) is 4.89. The molecule has 0 radical (unpaired) electrons. The normalized spacial score (nSPS) is 13.6. The fourth-order valence-electron chi connectivity index (χ4n) is 1.51. The Labute approximate surface area is 102 Å². The zero-order chi connectivity index (χ0) is 13.8. The molecule has 4 nitrogen and oxygen atoms in total. The lowest BCUT2D eigenvalue weighted by molar-refractivity contribution is -0.206. The Hall–Kier alpha value is -1.37. The third-order valence-corrected chi connectivity index (χ3v) is 2.47. The van der Waals surface area contributed by atoms with Gasteiger partial charge in [-0.25, -0.2) is 0 Å². The fraction of sp³-hybridized carbons (Fsp3) is 0.636. The molecule has 1 unspecified atom stereocenters. The van der Waals surface area contributed by atoms with Crippen LogP contribution in [0.4, 0.5) is 13.2 Å². The minimum Gasteiger partial charge on any atom is -0.384 e. The average molecular weight is 264 g/mol. The van der Waals surface area contributed by atoms with Gasteiger partial charge in [-0.15, -0.1) is 0 Å². The first kappa shape index (κ1) is 14.7. The van der Waals surface area contributed by atoms with Crippen LogP contribution < -0.4 is 0 Å². The Bertz CT molecular complexity index is 401. The van der Waals surface area contributed by atoms with E-state index in [1.54, 1.807) is 0 Å². The van der Waals surface area contributed by atoms with Crippen molar-refractivity contribution in [2.45, 2.75) is 45.0 Å². The highest BCUT2D eigenvalue weighted by molar-refractivity contribution is 5.94. The molecule has 102 valence electrons. The first-order valence-electron chi connectivity index (χ1n) is 5.66. The van der Waals surface area contributed by atoms with Crippen molar-refractivity contribution in [3.8, 4) is 0 Å². The van der Waals surface area contributed by atoms with E-state index in [9.17, 15) is 18.0 Å². The van der Waals surface area contributed by atoms with E-state index < -0.39 is 18.7 Å². The van der Waals surface area contributed by atoms with Gasteiger partial charge in [0.2, 0.25) is 0 Å². The molecule has 1 atom stereocenters. The summed E-state index contributed by atoms with van der Waals surface area (Å²) in [5, 5.41) is 12.7. The van der Waals surface area contributed by atoms with E-state index >= 15 is 0 Å². The molecule has 1 N–H and O–H groups in total. The molecule has 1 rings (SSSR count). The van der Waals surface area contributed by atoms with Crippen molar-refractivity contribution in [3.05, 3.63) is 18.0 Å². The molecule has 0 aliphatic heterocycles. The number of alkyl halides is 3. The predicted molar refractivity (Wildman–Crippen MR) is 58.1 cm³/mol. The summed E-state index contributed by atoms with van der Waals surface area (Å²) in [5.41, 5.74) is 0.284. The summed E-state index contributed by atoms with van der Waals surface area (Å²) in [7, 11) is 0. The maximum atomic E-state index is 12.1. The molecule has 0 saturated carbocycles.